The Bertz CT molecular complexity index is 1020. The average Bonchev–Trinajstić information content (AvgIpc) is 2.64. The number of aromatic nitrogens is 1. The maximum absolute atomic E-state index is 13.5. The molecule has 0 spiro atoms. The van der Waals surface area contributed by atoms with Crippen molar-refractivity contribution in [3.05, 3.63) is 70.6 Å². The normalized spacial score (nSPS) is 23.3. The highest BCUT2D eigenvalue weighted by Crippen LogP contribution is 2.54. The van der Waals surface area contributed by atoms with Crippen molar-refractivity contribution in [1.82, 2.24) is 4.98 Å². The number of pyridine rings is 1. The van der Waals surface area contributed by atoms with Crippen LogP contribution in [0.4, 0.5) is 19.0 Å². The Morgan fingerprint density at radius 2 is 1.90 bits per heavy atom. The monoisotopic (exact) mass is 400 g/mol. The van der Waals surface area contributed by atoms with Gasteiger partial charge in [-0.05, 0) is 36.0 Å². The van der Waals surface area contributed by atoms with E-state index in [1.54, 1.807) is 18.3 Å². The number of ketones is 1. The van der Waals surface area contributed by atoms with Crippen LogP contribution in [0.3, 0.4) is 0 Å². The zero-order valence-corrected chi connectivity index (χ0v) is 16.7. The van der Waals surface area contributed by atoms with Crippen molar-refractivity contribution < 1.29 is 18.0 Å². The molecule has 29 heavy (non-hydrogen) atoms. The number of nitrogens with zero attached hydrogens (tertiary/aromatic N) is 1. The van der Waals surface area contributed by atoms with Crippen LogP contribution >= 0.6 is 0 Å². The van der Waals surface area contributed by atoms with Crippen LogP contribution in [-0.2, 0) is 16.4 Å². The minimum absolute atomic E-state index is 0.0162. The number of nitrogens with one attached hydrogen (secondary N) is 1. The highest BCUT2D eigenvalue weighted by molar-refractivity contribution is 6.02. The first-order chi connectivity index (χ1) is 13.6. The summed E-state index contributed by atoms with van der Waals surface area (Å²) in [4.78, 5) is 17.8. The van der Waals surface area contributed by atoms with Crippen molar-refractivity contribution in [3.63, 3.8) is 0 Å². The van der Waals surface area contributed by atoms with E-state index in [1.807, 2.05) is 26.8 Å². The largest absolute Gasteiger partial charge is 0.416 e. The quantitative estimate of drug-likeness (QED) is 0.686. The second-order valence-corrected chi connectivity index (χ2v) is 8.66. The third-order valence-corrected chi connectivity index (χ3v) is 6.05. The fourth-order valence-electron chi connectivity index (χ4n) is 4.88. The van der Waals surface area contributed by atoms with Crippen LogP contribution in [0.15, 0.2) is 53.9 Å². The van der Waals surface area contributed by atoms with E-state index >= 15 is 0 Å². The molecule has 1 atom stereocenters. The van der Waals surface area contributed by atoms with E-state index in [0.717, 1.165) is 17.3 Å². The Morgan fingerprint density at radius 1 is 1.14 bits per heavy atom. The van der Waals surface area contributed by atoms with Crippen LogP contribution in [0.1, 0.15) is 56.7 Å². The van der Waals surface area contributed by atoms with Crippen molar-refractivity contribution in [2.24, 2.45) is 5.41 Å². The third kappa shape index (κ3) is 3.05. The first-order valence-electron chi connectivity index (χ1n) is 9.75. The van der Waals surface area contributed by atoms with Crippen LogP contribution in [0.5, 0.6) is 0 Å². The molecule has 0 bridgehead atoms. The summed E-state index contributed by atoms with van der Waals surface area (Å²) >= 11 is 0. The van der Waals surface area contributed by atoms with Gasteiger partial charge in [-0.25, -0.2) is 4.98 Å². The zero-order valence-electron chi connectivity index (χ0n) is 16.7. The molecule has 0 fully saturated rings. The van der Waals surface area contributed by atoms with Crippen molar-refractivity contribution in [2.45, 2.75) is 51.6 Å². The number of allylic oxidation sites excluding steroid dienone is 2. The maximum atomic E-state index is 13.5. The summed E-state index contributed by atoms with van der Waals surface area (Å²) in [6.07, 6.45) is -1.33. The minimum atomic E-state index is -4.45. The van der Waals surface area contributed by atoms with Gasteiger partial charge in [-0.1, -0.05) is 45.0 Å². The smallest absolute Gasteiger partial charge is 0.343 e. The molecule has 2 aliphatic rings. The molecule has 0 amide bonds. The predicted molar refractivity (Wildman–Crippen MR) is 105 cm³/mol. The van der Waals surface area contributed by atoms with Gasteiger partial charge in [0, 0.05) is 29.5 Å². The van der Waals surface area contributed by atoms with Crippen LogP contribution in [0.2, 0.25) is 0 Å². The Morgan fingerprint density at radius 3 is 2.59 bits per heavy atom. The van der Waals surface area contributed by atoms with Crippen LogP contribution in [0.25, 0.3) is 0 Å². The van der Waals surface area contributed by atoms with E-state index in [-0.39, 0.29) is 11.2 Å². The van der Waals surface area contributed by atoms with Crippen LogP contribution in [0, 0.1) is 5.41 Å². The number of Topliss-reactive ketones (excluding diaryl/α,β-unsaturated/α-hetero) is 1. The fraction of sp³-hybridized carbons (Fsp3) is 0.391. The van der Waals surface area contributed by atoms with Crippen molar-refractivity contribution in [3.8, 4) is 0 Å². The summed E-state index contributed by atoms with van der Waals surface area (Å²) < 4.78 is 40.4. The van der Waals surface area contributed by atoms with Gasteiger partial charge in [0.1, 0.15) is 5.82 Å². The molecule has 6 heteroatoms. The van der Waals surface area contributed by atoms with E-state index in [2.05, 4.69) is 10.3 Å². The number of hydrogen-bond acceptors (Lipinski definition) is 3. The molecule has 0 radical (unpaired) electrons. The summed E-state index contributed by atoms with van der Waals surface area (Å²) in [5.74, 6) is 0.591. The lowest BCUT2D eigenvalue weighted by Crippen LogP contribution is -2.43. The average molecular weight is 400 g/mol. The summed E-state index contributed by atoms with van der Waals surface area (Å²) in [5.41, 5.74) is 0.690. The van der Waals surface area contributed by atoms with E-state index in [9.17, 15) is 18.0 Å². The molecule has 1 aromatic carbocycles. The molecule has 2 aromatic rings. The summed E-state index contributed by atoms with van der Waals surface area (Å²) in [7, 11) is 0. The fourth-order valence-corrected chi connectivity index (χ4v) is 4.88. The number of hydrogen-bond donors (Lipinski definition) is 1. The second kappa shape index (κ2) is 6.44. The first-order valence-corrected chi connectivity index (χ1v) is 9.75. The van der Waals surface area contributed by atoms with E-state index in [1.165, 1.54) is 12.1 Å². The number of anilines is 1. The second-order valence-electron chi connectivity index (χ2n) is 8.66. The molecule has 1 aliphatic carbocycles. The number of benzene rings is 1. The number of alkyl halides is 3. The summed E-state index contributed by atoms with van der Waals surface area (Å²) in [6.45, 7) is 5.98. The number of carbonyl (C=O) groups excluding carboxylic acids is 1. The van der Waals surface area contributed by atoms with Crippen LogP contribution < -0.4 is 5.32 Å². The van der Waals surface area contributed by atoms with E-state index in [4.69, 9.17) is 0 Å². The number of halogens is 3. The third-order valence-electron chi connectivity index (χ3n) is 6.05. The minimum Gasteiger partial charge on any atom is -0.343 e. The maximum Gasteiger partial charge on any atom is 0.416 e. The molecule has 0 unspecified atom stereocenters. The molecule has 4 rings (SSSR count). The first kappa shape index (κ1) is 19.7. The van der Waals surface area contributed by atoms with Crippen LogP contribution in [-0.4, -0.2) is 10.8 Å². The molecular formula is C23H23F3N2O. The lowest BCUT2D eigenvalue weighted by Gasteiger charge is -2.46. The Balaban J connectivity index is 2.04. The van der Waals surface area contributed by atoms with Gasteiger partial charge < -0.3 is 5.32 Å². The van der Waals surface area contributed by atoms with Crippen molar-refractivity contribution >= 4 is 11.6 Å². The highest BCUT2D eigenvalue weighted by atomic mass is 19.4. The lowest BCUT2D eigenvalue weighted by molar-refractivity contribution is -0.137. The molecule has 3 nitrogen and oxygen atoms in total. The Hall–Kier alpha value is -2.63. The predicted octanol–water partition coefficient (Wildman–Crippen LogP) is 5.87. The van der Waals surface area contributed by atoms with Crippen molar-refractivity contribution in [1.29, 1.82) is 0 Å². The molecule has 1 aliphatic heterocycles. The highest BCUT2D eigenvalue weighted by Gasteiger charge is 2.50. The lowest BCUT2D eigenvalue weighted by atomic mass is 9.59. The van der Waals surface area contributed by atoms with E-state index < -0.39 is 17.2 Å². The van der Waals surface area contributed by atoms with E-state index in [0.29, 0.717) is 36.2 Å². The molecule has 0 saturated carbocycles. The molecule has 1 aromatic heterocycles. The van der Waals surface area contributed by atoms with Crippen molar-refractivity contribution in [2.75, 3.05) is 5.32 Å². The van der Waals surface area contributed by atoms with Gasteiger partial charge in [0.25, 0.3) is 0 Å². The SMILES string of the molecule is CC[C@]1(c2cccc(C(F)(F)F)c2)C2=C(CC(C)(C)CC2=O)Nc2ncccc21. The molecule has 1 N–H and O–H groups in total. The van der Waals surface area contributed by atoms with Gasteiger partial charge in [0.2, 0.25) is 0 Å². The van der Waals surface area contributed by atoms with Gasteiger partial charge in [0.05, 0.1) is 11.0 Å². The summed E-state index contributed by atoms with van der Waals surface area (Å²) in [5, 5.41) is 3.31. The molecule has 2 heterocycles. The number of fused-ring (bicyclic) bond motifs is 1. The number of carbonyl (C=O) groups is 1. The topological polar surface area (TPSA) is 42.0 Å². The molecular weight excluding hydrogens is 377 g/mol. The van der Waals surface area contributed by atoms with Gasteiger partial charge in [-0.2, -0.15) is 13.2 Å². The Kier molecular flexibility index (Phi) is 4.37. The Labute approximate surface area is 168 Å². The van der Waals surface area contributed by atoms with Gasteiger partial charge in [-0.3, -0.25) is 4.79 Å². The zero-order chi connectivity index (χ0) is 21.0. The number of rotatable bonds is 2. The van der Waals surface area contributed by atoms with Gasteiger partial charge in [-0.15, -0.1) is 0 Å². The molecule has 152 valence electrons. The van der Waals surface area contributed by atoms with Gasteiger partial charge in [0.15, 0.2) is 5.78 Å². The molecule has 0 saturated heterocycles. The summed E-state index contributed by atoms with van der Waals surface area (Å²) in [6, 6.07) is 8.99. The standard InChI is InChI=1S/C23H23F3N2O/c1-4-22(14-7-5-8-15(11-14)23(24,25)26)16-9-6-10-27-20(16)28-17-12-21(2,3)13-18(29)19(17)22/h5-11H,4,12-13H2,1-3H3,(H,27,28)/t22-/m1/s1. The van der Waals surface area contributed by atoms with Gasteiger partial charge >= 0.3 is 6.18 Å².